The third-order valence-corrected chi connectivity index (χ3v) is 2.95. The maximum atomic E-state index is 12.0. The van der Waals surface area contributed by atoms with Gasteiger partial charge in [-0.1, -0.05) is 0 Å². The SMILES string of the molecule is CCOC(=O)CN(CC(=O)OCC)CC(=O)Oc1ccc([N+](=O)[O-])cc1. The molecule has 1 aromatic carbocycles. The van der Waals surface area contributed by atoms with Crippen LogP contribution in [0.1, 0.15) is 13.8 Å². The molecular weight excluding hydrogens is 348 g/mol. The van der Waals surface area contributed by atoms with E-state index in [-0.39, 0.29) is 44.3 Å². The van der Waals surface area contributed by atoms with Crippen LogP contribution in [0.2, 0.25) is 0 Å². The van der Waals surface area contributed by atoms with Gasteiger partial charge in [0.15, 0.2) is 0 Å². The van der Waals surface area contributed by atoms with Crippen molar-refractivity contribution in [1.82, 2.24) is 4.90 Å². The number of hydrogen-bond donors (Lipinski definition) is 0. The Hall–Kier alpha value is -3.01. The van der Waals surface area contributed by atoms with Gasteiger partial charge in [-0.05, 0) is 26.0 Å². The fourth-order valence-corrected chi connectivity index (χ4v) is 1.93. The Labute approximate surface area is 149 Å². The minimum atomic E-state index is -0.743. The molecule has 10 heteroatoms. The second-order valence-corrected chi connectivity index (χ2v) is 4.98. The van der Waals surface area contributed by atoms with E-state index in [1.54, 1.807) is 13.8 Å². The van der Waals surface area contributed by atoms with Crippen molar-refractivity contribution >= 4 is 23.6 Å². The van der Waals surface area contributed by atoms with Gasteiger partial charge in [-0.25, -0.2) is 0 Å². The van der Waals surface area contributed by atoms with Gasteiger partial charge in [0.2, 0.25) is 0 Å². The fraction of sp³-hybridized carbons (Fsp3) is 0.438. The minimum absolute atomic E-state index is 0.104. The van der Waals surface area contributed by atoms with Crippen molar-refractivity contribution in [1.29, 1.82) is 0 Å². The summed E-state index contributed by atoms with van der Waals surface area (Å²) in [6.07, 6.45) is 0. The molecule has 0 atom stereocenters. The number of carbonyl (C=O) groups is 3. The van der Waals surface area contributed by atoms with Gasteiger partial charge in [-0.2, -0.15) is 0 Å². The van der Waals surface area contributed by atoms with E-state index in [0.29, 0.717) is 0 Å². The van der Waals surface area contributed by atoms with Crippen LogP contribution in [0.25, 0.3) is 0 Å². The third-order valence-electron chi connectivity index (χ3n) is 2.95. The molecular formula is C16H20N2O8. The first kappa shape index (κ1) is 21.0. The predicted octanol–water partition coefficient (Wildman–Crippen LogP) is 0.928. The van der Waals surface area contributed by atoms with Crippen molar-refractivity contribution in [3.05, 3.63) is 34.4 Å². The Bertz CT molecular complexity index is 624. The topological polar surface area (TPSA) is 125 Å². The summed E-state index contributed by atoms with van der Waals surface area (Å²) in [6.45, 7) is 2.66. The van der Waals surface area contributed by atoms with Crippen LogP contribution < -0.4 is 4.74 Å². The Kier molecular flexibility index (Phi) is 8.71. The number of rotatable bonds is 10. The lowest BCUT2D eigenvalue weighted by atomic mass is 10.3. The van der Waals surface area contributed by atoms with Gasteiger partial charge in [0, 0.05) is 12.1 Å². The number of nitrogens with zero attached hydrogens (tertiary/aromatic N) is 2. The molecule has 0 saturated heterocycles. The van der Waals surface area contributed by atoms with Crippen LogP contribution >= 0.6 is 0 Å². The highest BCUT2D eigenvalue weighted by molar-refractivity contribution is 5.79. The first-order valence-electron chi connectivity index (χ1n) is 7.84. The quantitative estimate of drug-likeness (QED) is 0.256. The van der Waals surface area contributed by atoms with Gasteiger partial charge >= 0.3 is 17.9 Å². The average molecular weight is 368 g/mol. The molecule has 0 radical (unpaired) electrons. The van der Waals surface area contributed by atoms with E-state index in [1.165, 1.54) is 29.2 Å². The summed E-state index contributed by atoms with van der Waals surface area (Å²) in [5.74, 6) is -1.83. The number of non-ortho nitro benzene ring substituents is 1. The molecule has 142 valence electrons. The summed E-state index contributed by atoms with van der Waals surface area (Å²) >= 11 is 0. The van der Waals surface area contributed by atoms with E-state index >= 15 is 0 Å². The zero-order valence-corrected chi connectivity index (χ0v) is 14.5. The molecule has 0 bridgehead atoms. The van der Waals surface area contributed by atoms with Gasteiger partial charge in [0.1, 0.15) is 5.75 Å². The lowest BCUT2D eigenvalue weighted by Crippen LogP contribution is -2.40. The van der Waals surface area contributed by atoms with Crippen molar-refractivity contribution < 1.29 is 33.5 Å². The van der Waals surface area contributed by atoms with Crippen LogP contribution in [0.15, 0.2) is 24.3 Å². The summed E-state index contributed by atoms with van der Waals surface area (Å²) in [6, 6.07) is 4.93. The minimum Gasteiger partial charge on any atom is -0.465 e. The molecule has 26 heavy (non-hydrogen) atoms. The number of nitro benzene ring substituents is 1. The smallest absolute Gasteiger partial charge is 0.325 e. The standard InChI is InChI=1S/C16H20N2O8/c1-3-24-14(19)9-17(10-15(20)25-4-2)11-16(21)26-13-7-5-12(6-8-13)18(22)23/h5-8H,3-4,9-11H2,1-2H3. The molecule has 0 aliphatic rings. The monoisotopic (exact) mass is 368 g/mol. The predicted molar refractivity (Wildman–Crippen MR) is 88.4 cm³/mol. The number of carbonyl (C=O) groups excluding carboxylic acids is 3. The van der Waals surface area contributed by atoms with Gasteiger partial charge in [0.05, 0.1) is 37.8 Å². The normalized spacial score (nSPS) is 10.3. The molecule has 0 N–H and O–H groups in total. The molecule has 0 aliphatic heterocycles. The maximum Gasteiger partial charge on any atom is 0.325 e. The van der Waals surface area contributed by atoms with Crippen LogP contribution in [0, 0.1) is 10.1 Å². The van der Waals surface area contributed by atoms with E-state index in [1.807, 2.05) is 0 Å². The summed E-state index contributed by atoms with van der Waals surface area (Å²) < 4.78 is 14.7. The second-order valence-electron chi connectivity index (χ2n) is 4.98. The average Bonchev–Trinajstić information content (AvgIpc) is 2.55. The van der Waals surface area contributed by atoms with E-state index < -0.39 is 22.8 Å². The zero-order chi connectivity index (χ0) is 19.5. The van der Waals surface area contributed by atoms with Gasteiger partial charge in [-0.3, -0.25) is 29.4 Å². The highest BCUT2D eigenvalue weighted by Crippen LogP contribution is 2.17. The lowest BCUT2D eigenvalue weighted by molar-refractivity contribution is -0.384. The van der Waals surface area contributed by atoms with Crippen LogP contribution in [0.3, 0.4) is 0 Å². The molecule has 0 unspecified atom stereocenters. The second kappa shape index (κ2) is 10.8. The molecule has 0 saturated carbocycles. The van der Waals surface area contributed by atoms with Crippen LogP contribution in [-0.4, -0.2) is 60.6 Å². The van der Waals surface area contributed by atoms with Crippen molar-refractivity contribution in [3.8, 4) is 5.75 Å². The van der Waals surface area contributed by atoms with Gasteiger partial charge in [-0.15, -0.1) is 0 Å². The summed E-state index contributed by atoms with van der Waals surface area (Å²) in [7, 11) is 0. The number of esters is 3. The van der Waals surface area contributed by atoms with Crippen LogP contribution in [0.5, 0.6) is 5.75 Å². The highest BCUT2D eigenvalue weighted by atomic mass is 16.6. The molecule has 10 nitrogen and oxygen atoms in total. The Morgan fingerprint density at radius 3 is 1.81 bits per heavy atom. The van der Waals surface area contributed by atoms with E-state index in [2.05, 4.69) is 0 Å². The highest BCUT2D eigenvalue weighted by Gasteiger charge is 2.20. The van der Waals surface area contributed by atoms with Crippen molar-refractivity contribution in [3.63, 3.8) is 0 Å². The molecule has 0 aromatic heterocycles. The Morgan fingerprint density at radius 2 is 1.38 bits per heavy atom. The van der Waals surface area contributed by atoms with E-state index in [0.717, 1.165) is 0 Å². The largest absolute Gasteiger partial charge is 0.465 e. The molecule has 1 aromatic rings. The maximum absolute atomic E-state index is 12.0. The first-order valence-corrected chi connectivity index (χ1v) is 7.84. The Balaban J connectivity index is 2.68. The summed E-state index contributed by atoms with van der Waals surface area (Å²) in [5.41, 5.74) is -0.143. The van der Waals surface area contributed by atoms with E-state index in [9.17, 15) is 24.5 Å². The van der Waals surface area contributed by atoms with E-state index in [4.69, 9.17) is 14.2 Å². The van der Waals surface area contributed by atoms with Crippen LogP contribution in [-0.2, 0) is 23.9 Å². The number of hydrogen-bond acceptors (Lipinski definition) is 9. The van der Waals surface area contributed by atoms with Gasteiger partial charge < -0.3 is 14.2 Å². The number of ether oxygens (including phenoxy) is 3. The van der Waals surface area contributed by atoms with Crippen molar-refractivity contribution in [2.24, 2.45) is 0 Å². The zero-order valence-electron chi connectivity index (χ0n) is 14.5. The summed E-state index contributed by atoms with van der Waals surface area (Å²) in [5, 5.41) is 10.6. The first-order chi connectivity index (χ1) is 12.3. The third kappa shape index (κ3) is 7.71. The molecule has 0 heterocycles. The van der Waals surface area contributed by atoms with Crippen LogP contribution in [0.4, 0.5) is 5.69 Å². The summed E-state index contributed by atoms with van der Waals surface area (Å²) in [4.78, 5) is 46.5. The molecule has 0 spiro atoms. The molecule has 0 fully saturated rings. The fourth-order valence-electron chi connectivity index (χ4n) is 1.93. The van der Waals surface area contributed by atoms with Gasteiger partial charge in [0.25, 0.3) is 5.69 Å². The lowest BCUT2D eigenvalue weighted by Gasteiger charge is -2.19. The molecule has 0 amide bonds. The number of benzene rings is 1. The number of nitro groups is 1. The van der Waals surface area contributed by atoms with Crippen molar-refractivity contribution in [2.45, 2.75) is 13.8 Å². The van der Waals surface area contributed by atoms with Crippen molar-refractivity contribution in [2.75, 3.05) is 32.8 Å². The molecule has 0 aliphatic carbocycles. The molecule has 1 rings (SSSR count). The Morgan fingerprint density at radius 1 is 0.923 bits per heavy atom.